The summed E-state index contributed by atoms with van der Waals surface area (Å²) in [5.41, 5.74) is 15.4. The fourth-order valence-electron chi connectivity index (χ4n) is 6.46. The fraction of sp³-hybridized carbons (Fsp3) is 0.137. The van der Waals surface area contributed by atoms with Crippen molar-refractivity contribution in [3.8, 4) is 0 Å². The topological polar surface area (TPSA) is 6.48 Å². The van der Waals surface area contributed by atoms with Gasteiger partial charge in [-0.1, -0.05) is 122 Å². The Hall–Kier alpha value is -6.12. The predicted octanol–water partition coefficient (Wildman–Crippen LogP) is 14.7. The molecule has 0 aliphatic rings. The van der Waals surface area contributed by atoms with E-state index in [1.807, 2.05) is 0 Å². The van der Waals surface area contributed by atoms with Gasteiger partial charge in [-0.05, 0) is 152 Å². The van der Waals surface area contributed by atoms with Crippen LogP contribution in [-0.4, -0.2) is 0 Å². The van der Waals surface area contributed by atoms with Crippen molar-refractivity contribution in [2.24, 2.45) is 5.92 Å². The zero-order valence-corrected chi connectivity index (χ0v) is 31.9. The normalized spacial score (nSPS) is 12.5. The summed E-state index contributed by atoms with van der Waals surface area (Å²) in [5.74, 6) is 0.280. The molecular formula is C51H50N2. The van der Waals surface area contributed by atoms with Gasteiger partial charge in [0.15, 0.2) is 0 Å². The van der Waals surface area contributed by atoms with Crippen LogP contribution < -0.4 is 9.80 Å². The molecule has 0 aliphatic heterocycles. The van der Waals surface area contributed by atoms with Gasteiger partial charge < -0.3 is 9.80 Å². The molecule has 2 heteroatoms. The average molecular weight is 691 g/mol. The predicted molar refractivity (Wildman–Crippen MR) is 231 cm³/mol. The molecule has 0 N–H and O–H groups in total. The van der Waals surface area contributed by atoms with E-state index in [2.05, 4.69) is 239 Å². The minimum atomic E-state index is 0.280. The Kier molecular flexibility index (Phi) is 12.0. The van der Waals surface area contributed by atoms with Crippen LogP contribution in [0.1, 0.15) is 47.2 Å². The molecule has 6 aromatic carbocycles. The van der Waals surface area contributed by atoms with Crippen LogP contribution in [0.15, 0.2) is 182 Å². The summed E-state index contributed by atoms with van der Waals surface area (Å²) in [6, 6.07) is 52.3. The number of nitrogens with zero attached hydrogens (tertiary/aromatic N) is 2. The van der Waals surface area contributed by atoms with Crippen LogP contribution in [0.2, 0.25) is 0 Å². The first-order valence-electron chi connectivity index (χ1n) is 18.5. The molecule has 0 radical (unpaired) electrons. The van der Waals surface area contributed by atoms with Gasteiger partial charge in [-0.25, -0.2) is 0 Å². The Labute approximate surface area is 317 Å². The molecule has 0 bridgehead atoms. The van der Waals surface area contributed by atoms with E-state index in [4.69, 9.17) is 0 Å². The highest BCUT2D eigenvalue weighted by atomic mass is 15.1. The standard InChI is InChI=1S/C51H50N2/c1-7-43(24-25-45-28-32-47(33-29-45)53(50-18-10-14-41(5)36-50)51-19-11-15-42(6)37-51)22-20-38(2)21-23-44-26-30-46(31-27-44)52(48-16-8-12-39(3)34-48)49-17-9-13-40(4)35-49/h7-38H,1-6H3/b22-20-,23-21?,25-24?,43-7+. The van der Waals surface area contributed by atoms with E-state index in [1.54, 1.807) is 0 Å². The van der Waals surface area contributed by atoms with E-state index in [0.29, 0.717) is 0 Å². The molecular weight excluding hydrogens is 641 g/mol. The molecule has 0 heterocycles. The molecule has 2 nitrogen and oxygen atoms in total. The van der Waals surface area contributed by atoms with Gasteiger partial charge in [-0.3, -0.25) is 0 Å². The second kappa shape index (κ2) is 17.4. The summed E-state index contributed by atoms with van der Waals surface area (Å²) in [7, 11) is 0. The number of rotatable bonds is 12. The van der Waals surface area contributed by atoms with E-state index in [-0.39, 0.29) is 5.92 Å². The maximum Gasteiger partial charge on any atom is 0.0464 e. The Morgan fingerprint density at radius 3 is 1.17 bits per heavy atom. The highest BCUT2D eigenvalue weighted by molar-refractivity contribution is 5.79. The zero-order valence-electron chi connectivity index (χ0n) is 31.9. The average Bonchev–Trinajstić information content (AvgIpc) is 3.15. The number of benzene rings is 6. The number of allylic oxidation sites excluding steroid dienone is 6. The monoisotopic (exact) mass is 690 g/mol. The molecule has 6 rings (SSSR count). The van der Waals surface area contributed by atoms with E-state index in [0.717, 1.165) is 39.7 Å². The van der Waals surface area contributed by atoms with Gasteiger partial charge in [0.2, 0.25) is 0 Å². The molecule has 0 spiro atoms. The third-order valence-corrected chi connectivity index (χ3v) is 9.33. The third-order valence-electron chi connectivity index (χ3n) is 9.33. The molecule has 0 amide bonds. The van der Waals surface area contributed by atoms with Crippen molar-refractivity contribution in [1.29, 1.82) is 0 Å². The van der Waals surface area contributed by atoms with E-state index in [9.17, 15) is 0 Å². The Morgan fingerprint density at radius 1 is 0.434 bits per heavy atom. The first-order chi connectivity index (χ1) is 25.7. The highest BCUT2D eigenvalue weighted by Crippen LogP contribution is 2.37. The van der Waals surface area contributed by atoms with Gasteiger partial charge in [0.25, 0.3) is 0 Å². The summed E-state index contributed by atoms with van der Waals surface area (Å²) in [6.07, 6.45) is 15.5. The van der Waals surface area contributed by atoms with Crippen LogP contribution in [0.5, 0.6) is 0 Å². The van der Waals surface area contributed by atoms with Crippen molar-refractivity contribution in [1.82, 2.24) is 0 Å². The first-order valence-corrected chi connectivity index (χ1v) is 18.5. The van der Waals surface area contributed by atoms with Crippen molar-refractivity contribution < 1.29 is 0 Å². The second-order valence-electron chi connectivity index (χ2n) is 13.9. The molecule has 1 unspecified atom stereocenters. The molecule has 0 fully saturated rings. The van der Waals surface area contributed by atoms with Crippen molar-refractivity contribution in [3.63, 3.8) is 0 Å². The minimum Gasteiger partial charge on any atom is -0.310 e. The number of hydrogen-bond donors (Lipinski definition) is 0. The van der Waals surface area contributed by atoms with Crippen LogP contribution in [0.4, 0.5) is 34.1 Å². The molecule has 264 valence electrons. The molecule has 0 saturated heterocycles. The maximum atomic E-state index is 2.32. The molecule has 1 atom stereocenters. The zero-order chi connectivity index (χ0) is 37.2. The maximum absolute atomic E-state index is 2.32. The van der Waals surface area contributed by atoms with Crippen molar-refractivity contribution >= 4 is 46.3 Å². The highest BCUT2D eigenvalue weighted by Gasteiger charge is 2.14. The SMILES string of the molecule is C/C=C(C=Cc1ccc(N(c2cccc(C)c2)c2cccc(C)c2)cc1)\C=C/C(C)C=Cc1ccc(N(c2cccc(C)c2)c2cccc(C)c2)cc1. The van der Waals surface area contributed by atoms with Crippen LogP contribution in [0.3, 0.4) is 0 Å². The summed E-state index contributed by atoms with van der Waals surface area (Å²) < 4.78 is 0. The third kappa shape index (κ3) is 9.81. The van der Waals surface area contributed by atoms with E-state index >= 15 is 0 Å². The van der Waals surface area contributed by atoms with Gasteiger partial charge in [0.05, 0.1) is 0 Å². The lowest BCUT2D eigenvalue weighted by molar-refractivity contribution is 0.944. The summed E-state index contributed by atoms with van der Waals surface area (Å²) in [4.78, 5) is 4.65. The van der Waals surface area contributed by atoms with Crippen molar-refractivity contribution in [3.05, 3.63) is 215 Å². The first kappa shape index (κ1) is 36.7. The van der Waals surface area contributed by atoms with Crippen molar-refractivity contribution in [2.45, 2.75) is 41.5 Å². The van der Waals surface area contributed by atoms with Gasteiger partial charge in [-0.2, -0.15) is 0 Å². The largest absolute Gasteiger partial charge is 0.310 e. The number of hydrogen-bond acceptors (Lipinski definition) is 2. The lowest BCUT2D eigenvalue weighted by Crippen LogP contribution is -2.10. The Bertz CT molecular complexity index is 2160. The van der Waals surface area contributed by atoms with Gasteiger partial charge in [0.1, 0.15) is 0 Å². The van der Waals surface area contributed by atoms with Crippen LogP contribution in [0, 0.1) is 33.6 Å². The Balaban J connectivity index is 1.11. The summed E-state index contributed by atoms with van der Waals surface area (Å²) in [6.45, 7) is 12.9. The van der Waals surface area contributed by atoms with Crippen LogP contribution in [0.25, 0.3) is 12.2 Å². The molecule has 0 saturated carbocycles. The van der Waals surface area contributed by atoms with Crippen LogP contribution in [-0.2, 0) is 0 Å². The summed E-state index contributed by atoms with van der Waals surface area (Å²) in [5, 5.41) is 0. The number of anilines is 6. The lowest BCUT2D eigenvalue weighted by atomic mass is 10.1. The van der Waals surface area contributed by atoms with Crippen LogP contribution >= 0.6 is 0 Å². The molecule has 6 aromatic rings. The smallest absolute Gasteiger partial charge is 0.0464 e. The summed E-state index contributed by atoms with van der Waals surface area (Å²) >= 11 is 0. The van der Waals surface area contributed by atoms with E-state index in [1.165, 1.54) is 33.4 Å². The van der Waals surface area contributed by atoms with Crippen molar-refractivity contribution in [2.75, 3.05) is 9.80 Å². The quantitative estimate of drug-likeness (QED) is 0.118. The fourth-order valence-corrected chi connectivity index (χ4v) is 6.46. The molecule has 0 aliphatic carbocycles. The lowest BCUT2D eigenvalue weighted by Gasteiger charge is -2.26. The van der Waals surface area contributed by atoms with Gasteiger partial charge in [-0.15, -0.1) is 0 Å². The van der Waals surface area contributed by atoms with E-state index < -0.39 is 0 Å². The second-order valence-corrected chi connectivity index (χ2v) is 13.9. The number of aryl methyl sites for hydroxylation is 4. The van der Waals surface area contributed by atoms with Gasteiger partial charge in [0, 0.05) is 34.1 Å². The van der Waals surface area contributed by atoms with Gasteiger partial charge >= 0.3 is 0 Å². The Morgan fingerprint density at radius 2 is 0.811 bits per heavy atom. The molecule has 0 aromatic heterocycles. The molecule has 53 heavy (non-hydrogen) atoms. The minimum absolute atomic E-state index is 0.280.